The van der Waals surface area contributed by atoms with Gasteiger partial charge in [-0.15, -0.1) is 0 Å². The molecular formula is C15H15N5O. The molecule has 106 valence electrons. The third-order valence-electron chi connectivity index (χ3n) is 4.58. The number of hydrogen-bond acceptors (Lipinski definition) is 4. The van der Waals surface area contributed by atoms with E-state index in [1.54, 1.807) is 29.1 Å². The molecule has 1 aliphatic heterocycles. The lowest BCUT2D eigenvalue weighted by molar-refractivity contribution is 0.0920. The van der Waals surface area contributed by atoms with Gasteiger partial charge in [-0.2, -0.15) is 5.26 Å². The molecule has 1 saturated heterocycles. The number of nitriles is 1. The summed E-state index contributed by atoms with van der Waals surface area (Å²) in [4.78, 5) is 16.5. The molecule has 1 saturated carbocycles. The Hall–Kier alpha value is -2.39. The number of carbonyl (C=O) groups excluding carboxylic acids is 1. The average Bonchev–Trinajstić information content (AvgIpc) is 3.21. The van der Waals surface area contributed by atoms with Crippen LogP contribution in [0, 0.1) is 17.2 Å². The first-order valence-corrected chi connectivity index (χ1v) is 7.15. The van der Waals surface area contributed by atoms with E-state index in [1.807, 2.05) is 0 Å². The Morgan fingerprint density at radius 1 is 1.52 bits per heavy atom. The Bertz CT molecular complexity index is 759. The molecule has 0 spiro atoms. The van der Waals surface area contributed by atoms with Gasteiger partial charge in [0.05, 0.1) is 11.1 Å². The summed E-state index contributed by atoms with van der Waals surface area (Å²) in [5.74, 6) is 0.380. The van der Waals surface area contributed by atoms with Gasteiger partial charge in [-0.1, -0.05) is 0 Å². The van der Waals surface area contributed by atoms with Crippen LogP contribution in [0.4, 0.5) is 0 Å². The van der Waals surface area contributed by atoms with Gasteiger partial charge in [0.2, 0.25) is 0 Å². The van der Waals surface area contributed by atoms with E-state index in [0.717, 1.165) is 19.4 Å². The molecule has 3 atom stereocenters. The molecule has 1 aliphatic carbocycles. The molecule has 6 heteroatoms. The molecule has 2 fully saturated rings. The van der Waals surface area contributed by atoms with Crippen molar-refractivity contribution >= 4 is 11.4 Å². The van der Waals surface area contributed by atoms with Crippen LogP contribution in [-0.2, 0) is 0 Å². The Morgan fingerprint density at radius 2 is 2.43 bits per heavy atom. The third kappa shape index (κ3) is 1.98. The first-order chi connectivity index (χ1) is 10.2. The molecule has 2 aromatic heterocycles. The molecule has 2 aliphatic rings. The summed E-state index contributed by atoms with van der Waals surface area (Å²) in [6.07, 6.45) is 5.49. The quantitative estimate of drug-likeness (QED) is 0.848. The molecule has 2 N–H and O–H groups in total. The fraction of sp³-hybridized carbons (Fsp3) is 0.400. The first-order valence-electron chi connectivity index (χ1n) is 7.15. The van der Waals surface area contributed by atoms with Gasteiger partial charge in [0.15, 0.2) is 0 Å². The minimum Gasteiger partial charge on any atom is -0.348 e. The molecule has 4 rings (SSSR count). The van der Waals surface area contributed by atoms with Crippen LogP contribution in [-0.4, -0.2) is 33.9 Å². The van der Waals surface area contributed by atoms with Crippen molar-refractivity contribution < 1.29 is 4.79 Å². The molecule has 0 aromatic carbocycles. The second-order valence-corrected chi connectivity index (χ2v) is 5.82. The predicted octanol–water partition coefficient (Wildman–Crippen LogP) is 0.686. The lowest BCUT2D eigenvalue weighted by Crippen LogP contribution is -2.44. The molecule has 6 nitrogen and oxygen atoms in total. The van der Waals surface area contributed by atoms with Crippen LogP contribution in [0.15, 0.2) is 24.7 Å². The highest BCUT2D eigenvalue weighted by Gasteiger charge is 2.40. The number of hydrogen-bond donors (Lipinski definition) is 2. The molecular weight excluding hydrogens is 266 g/mol. The normalized spacial score (nSPS) is 26.9. The van der Waals surface area contributed by atoms with Gasteiger partial charge in [0.1, 0.15) is 18.1 Å². The highest BCUT2D eigenvalue weighted by Crippen LogP contribution is 2.31. The number of amides is 1. The molecule has 3 unspecified atom stereocenters. The molecule has 21 heavy (non-hydrogen) atoms. The van der Waals surface area contributed by atoms with E-state index >= 15 is 0 Å². The maximum atomic E-state index is 12.4. The summed E-state index contributed by atoms with van der Waals surface area (Å²) < 4.78 is 1.75. The number of aromatic nitrogens is 2. The minimum atomic E-state index is -0.153. The Morgan fingerprint density at radius 3 is 3.14 bits per heavy atom. The first kappa shape index (κ1) is 12.4. The van der Waals surface area contributed by atoms with Crippen molar-refractivity contribution in [3.63, 3.8) is 0 Å². The molecule has 2 bridgehead atoms. The predicted molar refractivity (Wildman–Crippen MR) is 75.7 cm³/mol. The van der Waals surface area contributed by atoms with Gasteiger partial charge in [-0.05, 0) is 30.9 Å². The van der Waals surface area contributed by atoms with Crippen molar-refractivity contribution in [1.82, 2.24) is 20.0 Å². The van der Waals surface area contributed by atoms with Gasteiger partial charge >= 0.3 is 0 Å². The highest BCUT2D eigenvalue weighted by atomic mass is 16.1. The van der Waals surface area contributed by atoms with Gasteiger partial charge < -0.3 is 15.0 Å². The number of fused-ring (bicyclic) bond motifs is 3. The van der Waals surface area contributed by atoms with E-state index in [2.05, 4.69) is 21.7 Å². The van der Waals surface area contributed by atoms with Gasteiger partial charge in [0, 0.05) is 24.8 Å². The number of carbonyl (C=O) groups is 1. The summed E-state index contributed by atoms with van der Waals surface area (Å²) >= 11 is 0. The zero-order valence-corrected chi connectivity index (χ0v) is 11.4. The van der Waals surface area contributed by atoms with Crippen LogP contribution in [0.5, 0.6) is 0 Å². The fourth-order valence-electron chi connectivity index (χ4n) is 3.48. The second-order valence-electron chi connectivity index (χ2n) is 5.82. The van der Waals surface area contributed by atoms with Crippen LogP contribution in [0.1, 0.15) is 28.9 Å². The number of nitrogens with zero attached hydrogens (tertiary/aromatic N) is 3. The van der Waals surface area contributed by atoms with Crippen molar-refractivity contribution in [3.05, 3.63) is 35.9 Å². The van der Waals surface area contributed by atoms with E-state index in [1.165, 1.54) is 0 Å². The number of nitrogens with one attached hydrogen (secondary N) is 2. The fourth-order valence-corrected chi connectivity index (χ4v) is 3.48. The summed E-state index contributed by atoms with van der Waals surface area (Å²) in [6, 6.07) is 6.31. The van der Waals surface area contributed by atoms with Gasteiger partial charge in [-0.25, -0.2) is 4.98 Å². The number of rotatable bonds is 2. The van der Waals surface area contributed by atoms with E-state index in [4.69, 9.17) is 5.26 Å². The summed E-state index contributed by atoms with van der Waals surface area (Å²) in [7, 11) is 0. The van der Waals surface area contributed by atoms with Crippen LogP contribution in [0.3, 0.4) is 0 Å². The lowest BCUT2D eigenvalue weighted by Gasteiger charge is -2.23. The van der Waals surface area contributed by atoms with Crippen molar-refractivity contribution in [2.75, 3.05) is 6.54 Å². The molecule has 2 aromatic rings. The molecule has 0 radical (unpaired) electrons. The maximum Gasteiger partial charge on any atom is 0.270 e. The van der Waals surface area contributed by atoms with Crippen LogP contribution in [0.2, 0.25) is 0 Å². The zero-order chi connectivity index (χ0) is 14.4. The second kappa shape index (κ2) is 4.57. The Labute approximate surface area is 121 Å². The third-order valence-corrected chi connectivity index (χ3v) is 4.58. The highest BCUT2D eigenvalue weighted by molar-refractivity contribution is 5.93. The van der Waals surface area contributed by atoms with Crippen LogP contribution >= 0.6 is 0 Å². The molecule has 3 heterocycles. The zero-order valence-electron chi connectivity index (χ0n) is 11.4. The SMILES string of the molecule is N#Cc1ccn2cnc(C(=O)NC3CC4CC3CN4)cc12. The van der Waals surface area contributed by atoms with Crippen LogP contribution < -0.4 is 10.6 Å². The monoisotopic (exact) mass is 281 g/mol. The largest absolute Gasteiger partial charge is 0.348 e. The van der Waals surface area contributed by atoms with E-state index in [9.17, 15) is 4.79 Å². The van der Waals surface area contributed by atoms with Crippen LogP contribution in [0.25, 0.3) is 5.52 Å². The number of piperidine rings is 1. The summed E-state index contributed by atoms with van der Waals surface area (Å²) in [6.45, 7) is 0.985. The van der Waals surface area contributed by atoms with Crippen molar-refractivity contribution in [3.8, 4) is 6.07 Å². The minimum absolute atomic E-state index is 0.153. The summed E-state index contributed by atoms with van der Waals surface area (Å²) in [5.41, 5.74) is 1.64. The average molecular weight is 281 g/mol. The summed E-state index contributed by atoms with van der Waals surface area (Å²) in [5, 5.41) is 15.6. The van der Waals surface area contributed by atoms with Crippen molar-refractivity contribution in [1.29, 1.82) is 5.26 Å². The standard InChI is InChI=1S/C15H15N5O/c16-6-9-1-2-20-8-18-13(5-14(9)20)15(21)19-12-4-11-3-10(12)7-17-11/h1-2,5,8,10-12,17H,3-4,7H2,(H,19,21). The maximum absolute atomic E-state index is 12.4. The topological polar surface area (TPSA) is 82.2 Å². The van der Waals surface area contributed by atoms with E-state index < -0.39 is 0 Å². The Kier molecular flexibility index (Phi) is 2.69. The Balaban J connectivity index is 1.58. The van der Waals surface area contributed by atoms with Gasteiger partial charge in [0.25, 0.3) is 5.91 Å². The molecule has 1 amide bonds. The van der Waals surface area contributed by atoms with Gasteiger partial charge in [-0.3, -0.25) is 4.79 Å². The lowest BCUT2D eigenvalue weighted by atomic mass is 10.0. The van der Waals surface area contributed by atoms with E-state index in [-0.39, 0.29) is 11.9 Å². The van der Waals surface area contributed by atoms with Crippen molar-refractivity contribution in [2.45, 2.75) is 24.9 Å². The van der Waals surface area contributed by atoms with E-state index in [0.29, 0.717) is 28.7 Å². The smallest absolute Gasteiger partial charge is 0.270 e. The van der Waals surface area contributed by atoms with Crippen molar-refractivity contribution in [2.24, 2.45) is 5.92 Å².